The summed E-state index contributed by atoms with van der Waals surface area (Å²) in [4.78, 5) is 66.0. The second-order valence-corrected chi connectivity index (χ2v) is 15.5. The van der Waals surface area contributed by atoms with E-state index in [1.807, 2.05) is 61.5 Å². The molecule has 284 valence electrons. The zero-order valence-corrected chi connectivity index (χ0v) is 32.0. The Kier molecular flexibility index (Phi) is 14.5. The summed E-state index contributed by atoms with van der Waals surface area (Å²) in [6, 6.07) is 0. The maximum Gasteiger partial charge on any atom is 0.306 e. The first-order valence-corrected chi connectivity index (χ1v) is 18.8. The van der Waals surface area contributed by atoms with Crippen LogP contribution in [0.3, 0.4) is 0 Å². The van der Waals surface area contributed by atoms with E-state index in [-0.39, 0.29) is 38.0 Å². The van der Waals surface area contributed by atoms with Gasteiger partial charge in [-0.3, -0.25) is 24.0 Å². The van der Waals surface area contributed by atoms with Crippen LogP contribution >= 0.6 is 0 Å². The molecule has 0 saturated heterocycles. The molecule has 1 N–H and O–H groups in total. The number of aliphatic hydroxyl groups is 1. The number of carbonyl (C=O) groups is 5. The minimum atomic E-state index is -1.30. The van der Waals surface area contributed by atoms with Gasteiger partial charge >= 0.3 is 29.8 Å². The molecule has 2 saturated carbocycles. The van der Waals surface area contributed by atoms with Gasteiger partial charge in [0.2, 0.25) is 0 Å². The lowest BCUT2D eigenvalue weighted by molar-refractivity contribution is -0.226. The van der Waals surface area contributed by atoms with Crippen molar-refractivity contribution in [3.63, 3.8) is 0 Å². The molecule has 0 aromatic carbocycles. The van der Waals surface area contributed by atoms with Crippen LogP contribution < -0.4 is 0 Å². The number of unbranched alkanes of at least 4 members (excludes halogenated alkanes) is 1. The van der Waals surface area contributed by atoms with Crippen LogP contribution in [0, 0.1) is 34.5 Å². The molecule has 3 aliphatic carbocycles. The van der Waals surface area contributed by atoms with E-state index in [1.165, 1.54) is 6.92 Å². The Morgan fingerprint density at radius 3 is 1.78 bits per heavy atom. The molecule has 3 rings (SSSR count). The molecule has 0 aromatic heterocycles. The van der Waals surface area contributed by atoms with Gasteiger partial charge in [0, 0.05) is 49.4 Å². The second-order valence-electron chi connectivity index (χ2n) is 15.5. The van der Waals surface area contributed by atoms with Crippen molar-refractivity contribution in [2.45, 2.75) is 170 Å². The average molecular weight is 707 g/mol. The molecule has 0 aromatic rings. The SMILES string of the molecule is CCCCC(=O)O[C@@H]1[C@H](C(C)C)[C@@H]2[C@H]3C=C(C)[C@H](O)[C@H](OC(C)=O)[C@@H](OC(=O)CCC)[C@]3(C)C[C@H](OC(=O)CCC)[C@]2(C)[C@H]1OC(=O)CCC. The normalized spacial score (nSPS) is 34.8. The molecule has 0 radical (unpaired) electrons. The topological polar surface area (TPSA) is 152 Å². The van der Waals surface area contributed by atoms with Gasteiger partial charge in [-0.1, -0.05) is 67.9 Å². The summed E-state index contributed by atoms with van der Waals surface area (Å²) in [7, 11) is 0. The number of aliphatic hydroxyl groups excluding tert-OH is 1. The van der Waals surface area contributed by atoms with Gasteiger partial charge in [-0.05, 0) is 62.4 Å². The van der Waals surface area contributed by atoms with Gasteiger partial charge in [-0.2, -0.15) is 0 Å². The lowest BCUT2D eigenvalue weighted by Crippen LogP contribution is -2.63. The quantitative estimate of drug-likeness (QED) is 0.114. The van der Waals surface area contributed by atoms with Crippen molar-refractivity contribution < 1.29 is 52.8 Å². The smallest absolute Gasteiger partial charge is 0.306 e. The molecule has 2 fully saturated rings. The molecular formula is C39H62O11. The van der Waals surface area contributed by atoms with E-state index in [4.69, 9.17) is 23.7 Å². The van der Waals surface area contributed by atoms with E-state index in [0.29, 0.717) is 31.3 Å². The van der Waals surface area contributed by atoms with Crippen molar-refractivity contribution in [1.82, 2.24) is 0 Å². The Morgan fingerprint density at radius 2 is 1.28 bits per heavy atom. The third-order valence-corrected chi connectivity index (χ3v) is 11.3. The van der Waals surface area contributed by atoms with E-state index in [0.717, 1.165) is 6.42 Å². The Hall–Kier alpha value is -2.95. The molecule has 0 amide bonds. The van der Waals surface area contributed by atoms with Gasteiger partial charge in [0.1, 0.15) is 30.5 Å². The summed E-state index contributed by atoms with van der Waals surface area (Å²) in [5, 5.41) is 11.7. The van der Waals surface area contributed by atoms with E-state index in [1.54, 1.807) is 6.92 Å². The first-order valence-electron chi connectivity index (χ1n) is 18.8. The average Bonchev–Trinajstić information content (AvgIpc) is 3.23. The standard InChI is InChI=1S/C39H62O11/c1-11-15-19-30(44)48-34-31(22(5)6)32-25-20-23(7)33(45)35(46-24(8)40)36(49-28(42)17-13-3)38(25,9)21-26(47-27(41)16-12-2)39(32,10)37(34)50-29(43)18-14-4/h20,22,25-26,31-37,45H,11-19,21H2,1-10H3/t25-,26+,31-,32+,33+,34-,35+,36-,37+,38-,39+/m1/s1. The van der Waals surface area contributed by atoms with Gasteiger partial charge in [0.05, 0.1) is 0 Å². The van der Waals surface area contributed by atoms with Crippen LogP contribution in [0.2, 0.25) is 0 Å². The summed E-state index contributed by atoms with van der Waals surface area (Å²) >= 11 is 0. The predicted octanol–water partition coefficient (Wildman–Crippen LogP) is 6.41. The summed E-state index contributed by atoms with van der Waals surface area (Å²) in [5.74, 6) is -3.87. The number of hydrogen-bond donors (Lipinski definition) is 1. The van der Waals surface area contributed by atoms with Crippen molar-refractivity contribution in [3.05, 3.63) is 11.6 Å². The van der Waals surface area contributed by atoms with Gasteiger partial charge in [0.15, 0.2) is 6.10 Å². The number of carbonyl (C=O) groups excluding carboxylic acids is 5. The molecule has 0 spiro atoms. The second kappa shape index (κ2) is 17.5. The summed E-state index contributed by atoms with van der Waals surface area (Å²) in [6.07, 6.45) is -0.596. The molecule has 11 nitrogen and oxygen atoms in total. The highest BCUT2D eigenvalue weighted by molar-refractivity contribution is 5.72. The molecule has 0 aliphatic heterocycles. The van der Waals surface area contributed by atoms with E-state index in [2.05, 4.69) is 0 Å². The Bertz CT molecular complexity index is 1260. The number of esters is 5. The van der Waals surface area contributed by atoms with Crippen LogP contribution in [-0.4, -0.2) is 71.6 Å². The van der Waals surface area contributed by atoms with Crippen LogP contribution in [0.4, 0.5) is 0 Å². The monoisotopic (exact) mass is 706 g/mol. The van der Waals surface area contributed by atoms with Gasteiger partial charge in [-0.25, -0.2) is 0 Å². The third-order valence-electron chi connectivity index (χ3n) is 11.3. The summed E-state index contributed by atoms with van der Waals surface area (Å²) in [6.45, 7) is 18.5. The molecule has 11 atom stereocenters. The van der Waals surface area contributed by atoms with Gasteiger partial charge in [-0.15, -0.1) is 0 Å². The largest absolute Gasteiger partial charge is 0.462 e. The van der Waals surface area contributed by atoms with Crippen LogP contribution in [0.1, 0.15) is 133 Å². The molecular weight excluding hydrogens is 644 g/mol. The highest BCUT2D eigenvalue weighted by Gasteiger charge is 2.74. The lowest BCUT2D eigenvalue weighted by atomic mass is 9.49. The minimum Gasteiger partial charge on any atom is -0.462 e. The number of fused-ring (bicyclic) bond motifs is 3. The van der Waals surface area contributed by atoms with Gasteiger partial charge < -0.3 is 28.8 Å². The highest BCUT2D eigenvalue weighted by Crippen LogP contribution is 2.67. The molecule has 0 heterocycles. The number of ether oxygens (including phenoxy) is 5. The summed E-state index contributed by atoms with van der Waals surface area (Å²) in [5.41, 5.74) is -1.60. The Balaban J connectivity index is 2.39. The van der Waals surface area contributed by atoms with E-state index < -0.39 is 95.1 Å². The molecule has 0 bridgehead atoms. The number of rotatable bonds is 15. The molecule has 50 heavy (non-hydrogen) atoms. The Morgan fingerprint density at radius 1 is 0.760 bits per heavy atom. The zero-order chi connectivity index (χ0) is 37.6. The van der Waals surface area contributed by atoms with Crippen molar-refractivity contribution in [3.8, 4) is 0 Å². The fourth-order valence-electron chi connectivity index (χ4n) is 8.92. The minimum absolute atomic E-state index is 0.111. The fourth-order valence-corrected chi connectivity index (χ4v) is 8.92. The van der Waals surface area contributed by atoms with E-state index >= 15 is 0 Å². The van der Waals surface area contributed by atoms with Crippen molar-refractivity contribution in [1.29, 1.82) is 0 Å². The van der Waals surface area contributed by atoms with Gasteiger partial charge in [0.25, 0.3) is 0 Å². The molecule has 11 heteroatoms. The lowest BCUT2D eigenvalue weighted by Gasteiger charge is -2.58. The number of hydrogen-bond acceptors (Lipinski definition) is 11. The fraction of sp³-hybridized carbons (Fsp3) is 0.821. The van der Waals surface area contributed by atoms with Crippen LogP contribution in [0.25, 0.3) is 0 Å². The highest BCUT2D eigenvalue weighted by atomic mass is 16.6. The van der Waals surface area contributed by atoms with Crippen molar-refractivity contribution in [2.24, 2.45) is 34.5 Å². The van der Waals surface area contributed by atoms with Crippen molar-refractivity contribution >= 4 is 29.8 Å². The summed E-state index contributed by atoms with van der Waals surface area (Å²) < 4.78 is 31.1. The molecule has 0 unspecified atom stereocenters. The first kappa shape index (κ1) is 41.5. The predicted molar refractivity (Wildman–Crippen MR) is 185 cm³/mol. The number of allylic oxidation sites excluding steroid dienone is 1. The zero-order valence-electron chi connectivity index (χ0n) is 32.0. The van der Waals surface area contributed by atoms with E-state index in [9.17, 15) is 29.1 Å². The first-order chi connectivity index (χ1) is 23.5. The van der Waals surface area contributed by atoms with Crippen LogP contribution in [0.5, 0.6) is 0 Å². The Labute approximate surface area is 298 Å². The maximum atomic E-state index is 13.4. The van der Waals surface area contributed by atoms with Crippen LogP contribution in [-0.2, 0) is 47.7 Å². The molecule has 3 aliphatic rings. The maximum absolute atomic E-state index is 13.4. The van der Waals surface area contributed by atoms with Crippen molar-refractivity contribution in [2.75, 3.05) is 0 Å². The third kappa shape index (κ3) is 8.56. The van der Waals surface area contributed by atoms with Crippen LogP contribution in [0.15, 0.2) is 11.6 Å².